The zero-order valence-electron chi connectivity index (χ0n) is 15.0. The van der Waals surface area contributed by atoms with Crippen LogP contribution in [-0.2, 0) is 40.9 Å². The van der Waals surface area contributed by atoms with E-state index in [9.17, 15) is 9.59 Å². The Hall–Kier alpha value is -2.54. The van der Waals surface area contributed by atoms with E-state index in [1.165, 1.54) is 0 Å². The molecule has 3 heterocycles. The molecule has 7 nitrogen and oxygen atoms in total. The van der Waals surface area contributed by atoms with Gasteiger partial charge in [-0.2, -0.15) is 5.10 Å². The molecule has 0 unspecified atom stereocenters. The number of carbonyl (C=O) groups excluding carboxylic acids is 2. The highest BCUT2D eigenvalue weighted by atomic mass is 35.5. The van der Waals surface area contributed by atoms with Crippen molar-refractivity contribution in [1.82, 2.24) is 14.7 Å². The van der Waals surface area contributed by atoms with Crippen LogP contribution in [0.25, 0.3) is 0 Å². The van der Waals surface area contributed by atoms with Gasteiger partial charge in [-0.05, 0) is 17.2 Å². The van der Waals surface area contributed by atoms with Crippen molar-refractivity contribution in [3.63, 3.8) is 0 Å². The number of hydrogen-bond donors (Lipinski definition) is 0. The maximum Gasteiger partial charge on any atom is 0.306 e. The Kier molecular flexibility index (Phi) is 4.78. The number of nitrogens with zero attached hydrogens (tertiary/aromatic N) is 3. The van der Waals surface area contributed by atoms with Crippen molar-refractivity contribution < 1.29 is 19.1 Å². The molecule has 27 heavy (non-hydrogen) atoms. The zero-order chi connectivity index (χ0) is 19.0. The summed E-state index contributed by atoms with van der Waals surface area (Å²) in [6, 6.07) is 5.94. The van der Waals surface area contributed by atoms with E-state index in [1.54, 1.807) is 22.8 Å². The average molecular weight is 390 g/mol. The van der Waals surface area contributed by atoms with Crippen LogP contribution in [0.4, 0.5) is 0 Å². The predicted octanol–water partition coefficient (Wildman–Crippen LogP) is 2.24. The van der Waals surface area contributed by atoms with Crippen LogP contribution < -0.4 is 4.74 Å². The van der Waals surface area contributed by atoms with Crippen molar-refractivity contribution >= 4 is 23.5 Å². The molecule has 2 aliphatic rings. The summed E-state index contributed by atoms with van der Waals surface area (Å²) in [6.07, 6.45) is 2.50. The number of halogens is 1. The predicted molar refractivity (Wildman–Crippen MR) is 97.2 cm³/mol. The average Bonchev–Trinajstić information content (AvgIpc) is 3.34. The van der Waals surface area contributed by atoms with Crippen molar-refractivity contribution in [3.8, 4) is 5.75 Å². The van der Waals surface area contributed by atoms with E-state index in [0.717, 1.165) is 23.3 Å². The van der Waals surface area contributed by atoms with Crippen LogP contribution in [0.5, 0.6) is 5.75 Å². The summed E-state index contributed by atoms with van der Waals surface area (Å²) >= 11 is 6.23. The molecular weight excluding hydrogens is 370 g/mol. The van der Waals surface area contributed by atoms with Crippen molar-refractivity contribution in [2.24, 2.45) is 7.05 Å². The van der Waals surface area contributed by atoms with E-state index in [1.807, 2.05) is 12.1 Å². The highest BCUT2D eigenvalue weighted by Gasteiger charge is 2.33. The fourth-order valence-corrected chi connectivity index (χ4v) is 3.71. The number of esters is 1. The third-order valence-electron chi connectivity index (χ3n) is 4.79. The number of benzene rings is 1. The van der Waals surface area contributed by atoms with Crippen molar-refractivity contribution in [2.45, 2.75) is 38.5 Å². The van der Waals surface area contributed by atoms with Gasteiger partial charge in [-0.1, -0.05) is 23.7 Å². The summed E-state index contributed by atoms with van der Waals surface area (Å²) in [4.78, 5) is 26.1. The third-order valence-corrected chi connectivity index (χ3v) is 5.11. The molecule has 0 spiro atoms. The summed E-state index contributed by atoms with van der Waals surface area (Å²) < 4.78 is 12.3. The molecule has 1 saturated heterocycles. The van der Waals surface area contributed by atoms with E-state index >= 15 is 0 Å². The molecule has 0 bridgehead atoms. The third kappa shape index (κ3) is 3.78. The zero-order valence-corrected chi connectivity index (χ0v) is 15.7. The minimum absolute atomic E-state index is 0.223. The minimum Gasteiger partial charge on any atom is -0.493 e. The molecule has 8 heteroatoms. The number of aryl methyl sites for hydroxylation is 1. The molecular formula is C19H20ClN3O4. The SMILES string of the molecule is Cn1cc(Cl)c(CN(Cc2ccc3c(c2)CCO3)C(=O)[C@H]2CCC(=O)O2)n1. The molecule has 1 aromatic carbocycles. The molecule has 2 aliphatic heterocycles. The van der Waals surface area contributed by atoms with Gasteiger partial charge in [-0.3, -0.25) is 14.3 Å². The summed E-state index contributed by atoms with van der Waals surface area (Å²) in [5.74, 6) is 0.340. The molecule has 1 amide bonds. The van der Waals surface area contributed by atoms with Gasteiger partial charge in [0.1, 0.15) is 11.4 Å². The Morgan fingerprint density at radius 1 is 1.37 bits per heavy atom. The first-order valence-corrected chi connectivity index (χ1v) is 9.28. The second-order valence-electron chi connectivity index (χ2n) is 6.85. The fourth-order valence-electron chi connectivity index (χ4n) is 3.47. The van der Waals surface area contributed by atoms with Crippen molar-refractivity contribution in [2.75, 3.05) is 6.61 Å². The molecule has 1 fully saturated rings. The Bertz CT molecular complexity index is 895. The molecule has 0 radical (unpaired) electrons. The monoisotopic (exact) mass is 389 g/mol. The number of amides is 1. The van der Waals surface area contributed by atoms with Crippen molar-refractivity contribution in [1.29, 1.82) is 0 Å². The number of fused-ring (bicyclic) bond motifs is 1. The van der Waals surface area contributed by atoms with Crippen LogP contribution in [0.2, 0.25) is 5.02 Å². The summed E-state index contributed by atoms with van der Waals surface area (Å²) in [7, 11) is 1.78. The van der Waals surface area contributed by atoms with E-state index in [-0.39, 0.29) is 24.8 Å². The maximum absolute atomic E-state index is 13.0. The molecule has 0 saturated carbocycles. The highest BCUT2D eigenvalue weighted by molar-refractivity contribution is 6.31. The lowest BCUT2D eigenvalue weighted by Gasteiger charge is -2.25. The number of rotatable bonds is 5. The normalized spacial score (nSPS) is 18.1. The minimum atomic E-state index is -0.738. The van der Waals surface area contributed by atoms with Gasteiger partial charge in [0.2, 0.25) is 0 Å². The first-order chi connectivity index (χ1) is 13.0. The highest BCUT2D eigenvalue weighted by Crippen LogP contribution is 2.27. The number of hydrogen-bond acceptors (Lipinski definition) is 5. The first kappa shape index (κ1) is 17.9. The number of aromatic nitrogens is 2. The lowest BCUT2D eigenvalue weighted by atomic mass is 10.1. The van der Waals surface area contributed by atoms with Gasteiger partial charge in [0.15, 0.2) is 6.10 Å². The lowest BCUT2D eigenvalue weighted by Crippen LogP contribution is -2.38. The summed E-state index contributed by atoms with van der Waals surface area (Å²) in [5, 5.41) is 4.84. The van der Waals surface area contributed by atoms with Crippen LogP contribution in [-0.4, -0.2) is 39.3 Å². The van der Waals surface area contributed by atoms with Gasteiger partial charge in [0.25, 0.3) is 5.91 Å². The fraction of sp³-hybridized carbons (Fsp3) is 0.421. The largest absolute Gasteiger partial charge is 0.493 e. The van der Waals surface area contributed by atoms with Crippen LogP contribution in [0.3, 0.4) is 0 Å². The quantitative estimate of drug-likeness (QED) is 0.733. The van der Waals surface area contributed by atoms with E-state index in [2.05, 4.69) is 11.2 Å². The Morgan fingerprint density at radius 3 is 2.93 bits per heavy atom. The van der Waals surface area contributed by atoms with Gasteiger partial charge < -0.3 is 14.4 Å². The second-order valence-corrected chi connectivity index (χ2v) is 7.26. The van der Waals surface area contributed by atoms with Crippen LogP contribution in [0.15, 0.2) is 24.4 Å². The molecule has 1 aromatic heterocycles. The standard InChI is InChI=1S/C19H20ClN3O4/c1-22-10-14(20)15(21-22)11-23(19(25)17-4-5-18(24)27-17)9-12-2-3-16-13(8-12)6-7-26-16/h2-3,8,10,17H,4-7,9,11H2,1H3/t17-/m1/s1. The maximum atomic E-state index is 13.0. The number of carbonyl (C=O) groups is 2. The van der Waals surface area contributed by atoms with Crippen LogP contribution in [0.1, 0.15) is 29.7 Å². The smallest absolute Gasteiger partial charge is 0.306 e. The topological polar surface area (TPSA) is 73.7 Å². The van der Waals surface area contributed by atoms with Gasteiger partial charge >= 0.3 is 5.97 Å². The van der Waals surface area contributed by atoms with Gasteiger partial charge in [-0.25, -0.2) is 0 Å². The van der Waals surface area contributed by atoms with E-state index in [4.69, 9.17) is 21.1 Å². The molecule has 4 rings (SSSR count). The Balaban J connectivity index is 1.57. The first-order valence-electron chi connectivity index (χ1n) is 8.90. The van der Waals surface area contributed by atoms with E-state index < -0.39 is 6.10 Å². The Labute approximate surface area is 161 Å². The van der Waals surface area contributed by atoms with Gasteiger partial charge in [-0.15, -0.1) is 0 Å². The van der Waals surface area contributed by atoms with Crippen LogP contribution in [0, 0.1) is 0 Å². The lowest BCUT2D eigenvalue weighted by molar-refractivity contribution is -0.153. The summed E-state index contributed by atoms with van der Waals surface area (Å²) in [5.41, 5.74) is 2.74. The molecule has 0 N–H and O–H groups in total. The van der Waals surface area contributed by atoms with E-state index in [0.29, 0.717) is 30.3 Å². The molecule has 2 aromatic rings. The summed E-state index contributed by atoms with van der Waals surface area (Å²) in [6.45, 7) is 1.32. The van der Waals surface area contributed by atoms with Gasteiger partial charge in [0.05, 0.1) is 18.2 Å². The molecule has 1 atom stereocenters. The molecule has 0 aliphatic carbocycles. The second kappa shape index (κ2) is 7.23. The molecule has 142 valence electrons. The van der Waals surface area contributed by atoms with Crippen molar-refractivity contribution in [3.05, 3.63) is 46.2 Å². The van der Waals surface area contributed by atoms with Gasteiger partial charge in [0, 0.05) is 39.1 Å². The van der Waals surface area contributed by atoms with Crippen LogP contribution >= 0.6 is 11.6 Å². The number of ether oxygens (including phenoxy) is 2. The Morgan fingerprint density at radius 2 is 2.22 bits per heavy atom. The number of cyclic esters (lactones) is 1.